The zero-order valence-corrected chi connectivity index (χ0v) is 12.0. The van der Waals surface area contributed by atoms with E-state index in [0.717, 1.165) is 37.1 Å². The normalized spacial score (nSPS) is 16.9. The first kappa shape index (κ1) is 13.7. The van der Waals surface area contributed by atoms with Crippen molar-refractivity contribution in [3.05, 3.63) is 34.3 Å². The van der Waals surface area contributed by atoms with Crippen LogP contribution in [0.2, 0.25) is 5.02 Å². The highest BCUT2D eigenvalue weighted by molar-refractivity contribution is 6.31. The van der Waals surface area contributed by atoms with Crippen LogP contribution in [0.4, 0.5) is 0 Å². The second-order valence-corrected chi connectivity index (χ2v) is 5.57. The Bertz CT molecular complexity index is 439. The van der Waals surface area contributed by atoms with Gasteiger partial charge in [-0.1, -0.05) is 11.6 Å². The van der Waals surface area contributed by atoms with E-state index in [1.807, 2.05) is 17.9 Å². The number of hydrogen-bond acceptors (Lipinski definition) is 1. The first-order valence-corrected chi connectivity index (χ1v) is 7.14. The smallest absolute Gasteiger partial charge is 0.253 e. The van der Waals surface area contributed by atoms with Crippen LogP contribution in [-0.4, -0.2) is 29.8 Å². The molecule has 0 bridgehead atoms. The molecule has 2 rings (SSSR count). The van der Waals surface area contributed by atoms with E-state index >= 15 is 0 Å². The number of benzene rings is 1. The molecule has 0 radical (unpaired) electrons. The molecular formula is C14H17Cl2NO. The highest BCUT2D eigenvalue weighted by Crippen LogP contribution is 2.22. The lowest BCUT2D eigenvalue weighted by molar-refractivity contribution is 0.0698. The van der Waals surface area contributed by atoms with Crippen molar-refractivity contribution in [2.75, 3.05) is 19.0 Å². The van der Waals surface area contributed by atoms with Gasteiger partial charge in [0.2, 0.25) is 0 Å². The molecule has 1 fully saturated rings. The summed E-state index contributed by atoms with van der Waals surface area (Å²) in [6.07, 6.45) is 2.00. The number of amides is 1. The Morgan fingerprint density at radius 2 is 2.06 bits per heavy atom. The number of carbonyl (C=O) groups is 1. The molecule has 0 unspecified atom stereocenters. The van der Waals surface area contributed by atoms with Gasteiger partial charge in [0.25, 0.3) is 5.91 Å². The molecule has 98 valence electrons. The Kier molecular flexibility index (Phi) is 4.52. The van der Waals surface area contributed by atoms with Crippen molar-refractivity contribution < 1.29 is 4.79 Å². The molecule has 0 atom stereocenters. The fourth-order valence-electron chi connectivity index (χ4n) is 2.25. The quantitative estimate of drug-likeness (QED) is 0.758. The van der Waals surface area contributed by atoms with Gasteiger partial charge in [0.15, 0.2) is 0 Å². The minimum atomic E-state index is 0.0998. The molecule has 4 heteroatoms. The molecule has 1 aromatic rings. The second-order valence-electron chi connectivity index (χ2n) is 4.85. The number of halogens is 2. The van der Waals surface area contributed by atoms with Crippen LogP contribution in [0.1, 0.15) is 28.8 Å². The summed E-state index contributed by atoms with van der Waals surface area (Å²) < 4.78 is 0. The summed E-state index contributed by atoms with van der Waals surface area (Å²) in [6.45, 7) is 3.52. The molecule has 18 heavy (non-hydrogen) atoms. The topological polar surface area (TPSA) is 20.3 Å². The molecule has 0 saturated carbocycles. The Morgan fingerprint density at radius 3 is 2.61 bits per heavy atom. The van der Waals surface area contributed by atoms with Crippen LogP contribution in [0, 0.1) is 12.8 Å². The maximum Gasteiger partial charge on any atom is 0.253 e. The van der Waals surface area contributed by atoms with E-state index in [1.54, 1.807) is 12.1 Å². The molecule has 0 aliphatic carbocycles. The van der Waals surface area contributed by atoms with Crippen LogP contribution in [0.15, 0.2) is 18.2 Å². The largest absolute Gasteiger partial charge is 0.339 e. The van der Waals surface area contributed by atoms with Crippen molar-refractivity contribution in [1.29, 1.82) is 0 Å². The van der Waals surface area contributed by atoms with Crippen molar-refractivity contribution >= 4 is 29.1 Å². The third-order valence-electron chi connectivity index (χ3n) is 3.52. The van der Waals surface area contributed by atoms with E-state index < -0.39 is 0 Å². The van der Waals surface area contributed by atoms with Gasteiger partial charge in [-0.3, -0.25) is 4.79 Å². The second kappa shape index (κ2) is 5.94. The Labute approximate surface area is 118 Å². The first-order chi connectivity index (χ1) is 8.61. The number of aryl methyl sites for hydroxylation is 1. The Balaban J connectivity index is 2.05. The Hall–Kier alpha value is -0.730. The van der Waals surface area contributed by atoms with Gasteiger partial charge in [0, 0.05) is 29.6 Å². The summed E-state index contributed by atoms with van der Waals surface area (Å²) in [5, 5.41) is 0.701. The van der Waals surface area contributed by atoms with E-state index in [-0.39, 0.29) is 5.91 Å². The number of piperidine rings is 1. The van der Waals surface area contributed by atoms with Gasteiger partial charge in [0.05, 0.1) is 0 Å². The molecule has 1 amide bonds. The maximum absolute atomic E-state index is 12.3. The van der Waals surface area contributed by atoms with Gasteiger partial charge in [0.1, 0.15) is 0 Å². The monoisotopic (exact) mass is 285 g/mol. The van der Waals surface area contributed by atoms with Gasteiger partial charge in [-0.15, -0.1) is 11.6 Å². The average molecular weight is 286 g/mol. The fourth-order valence-corrected chi connectivity index (χ4v) is 2.68. The maximum atomic E-state index is 12.3. The lowest BCUT2D eigenvalue weighted by Gasteiger charge is -2.31. The summed E-state index contributed by atoms with van der Waals surface area (Å²) in [5.41, 5.74) is 1.67. The van der Waals surface area contributed by atoms with Crippen LogP contribution in [0.3, 0.4) is 0 Å². The molecule has 1 heterocycles. The van der Waals surface area contributed by atoms with Gasteiger partial charge in [-0.2, -0.15) is 0 Å². The molecule has 2 nitrogen and oxygen atoms in total. The van der Waals surface area contributed by atoms with Crippen molar-refractivity contribution in [3.63, 3.8) is 0 Å². The standard InChI is InChI=1S/C14H17Cl2NO/c1-10-8-12(2-3-13(10)16)14(18)17-6-4-11(9-15)5-7-17/h2-3,8,11H,4-7,9H2,1H3. The third-order valence-corrected chi connectivity index (χ3v) is 4.39. The van der Waals surface area contributed by atoms with E-state index in [0.29, 0.717) is 16.8 Å². The van der Waals surface area contributed by atoms with Crippen LogP contribution in [0.5, 0.6) is 0 Å². The lowest BCUT2D eigenvalue weighted by atomic mass is 9.98. The molecular weight excluding hydrogens is 269 g/mol. The summed E-state index contributed by atoms with van der Waals surface area (Å²) >= 11 is 11.8. The van der Waals surface area contributed by atoms with Gasteiger partial charge in [-0.05, 0) is 49.4 Å². The summed E-state index contributed by atoms with van der Waals surface area (Å²) in [7, 11) is 0. The highest BCUT2D eigenvalue weighted by atomic mass is 35.5. The highest BCUT2D eigenvalue weighted by Gasteiger charge is 2.23. The molecule has 1 aliphatic heterocycles. The van der Waals surface area contributed by atoms with Crippen molar-refractivity contribution in [1.82, 2.24) is 4.90 Å². The van der Waals surface area contributed by atoms with Gasteiger partial charge >= 0.3 is 0 Å². The predicted molar refractivity (Wildman–Crippen MR) is 75.5 cm³/mol. The number of rotatable bonds is 2. The summed E-state index contributed by atoms with van der Waals surface area (Å²) in [6, 6.07) is 5.44. The zero-order valence-electron chi connectivity index (χ0n) is 10.5. The Morgan fingerprint density at radius 1 is 1.39 bits per heavy atom. The average Bonchev–Trinajstić information content (AvgIpc) is 2.41. The molecule has 0 N–H and O–H groups in total. The number of likely N-dealkylation sites (tertiary alicyclic amines) is 1. The molecule has 1 aliphatic rings. The fraction of sp³-hybridized carbons (Fsp3) is 0.500. The molecule has 1 saturated heterocycles. The van der Waals surface area contributed by atoms with Crippen molar-refractivity contribution in [2.45, 2.75) is 19.8 Å². The van der Waals surface area contributed by atoms with Crippen molar-refractivity contribution in [3.8, 4) is 0 Å². The SMILES string of the molecule is Cc1cc(C(=O)N2CCC(CCl)CC2)ccc1Cl. The number of carbonyl (C=O) groups excluding carboxylic acids is 1. The molecule has 1 aromatic carbocycles. The van der Waals surface area contributed by atoms with Crippen LogP contribution < -0.4 is 0 Å². The van der Waals surface area contributed by atoms with Crippen LogP contribution >= 0.6 is 23.2 Å². The van der Waals surface area contributed by atoms with Gasteiger partial charge in [-0.25, -0.2) is 0 Å². The van der Waals surface area contributed by atoms with Gasteiger partial charge < -0.3 is 4.90 Å². The summed E-state index contributed by atoms with van der Waals surface area (Å²) in [4.78, 5) is 14.2. The summed E-state index contributed by atoms with van der Waals surface area (Å²) in [5.74, 6) is 1.35. The minimum Gasteiger partial charge on any atom is -0.339 e. The molecule has 0 aromatic heterocycles. The zero-order chi connectivity index (χ0) is 13.1. The van der Waals surface area contributed by atoms with Crippen LogP contribution in [0.25, 0.3) is 0 Å². The van der Waals surface area contributed by atoms with E-state index in [9.17, 15) is 4.79 Å². The third kappa shape index (κ3) is 2.99. The van der Waals surface area contributed by atoms with Crippen LogP contribution in [-0.2, 0) is 0 Å². The van der Waals surface area contributed by atoms with E-state index in [4.69, 9.17) is 23.2 Å². The minimum absolute atomic E-state index is 0.0998. The lowest BCUT2D eigenvalue weighted by Crippen LogP contribution is -2.38. The van der Waals surface area contributed by atoms with E-state index in [1.165, 1.54) is 0 Å². The van der Waals surface area contributed by atoms with E-state index in [2.05, 4.69) is 0 Å². The number of hydrogen-bond donors (Lipinski definition) is 0. The number of alkyl halides is 1. The molecule has 0 spiro atoms. The predicted octanol–water partition coefficient (Wildman–Crippen LogP) is 3.74. The number of nitrogens with zero attached hydrogens (tertiary/aromatic N) is 1. The first-order valence-electron chi connectivity index (χ1n) is 6.23. The van der Waals surface area contributed by atoms with Crippen molar-refractivity contribution in [2.24, 2.45) is 5.92 Å².